The maximum absolute atomic E-state index is 5.26. The van der Waals surface area contributed by atoms with Crippen molar-refractivity contribution in [3.05, 3.63) is 36.4 Å². The molecule has 1 N–H and O–H groups in total. The van der Waals surface area contributed by atoms with Gasteiger partial charge in [-0.3, -0.25) is 0 Å². The molecule has 1 aliphatic heterocycles. The molecule has 0 radical (unpaired) electrons. The van der Waals surface area contributed by atoms with E-state index in [9.17, 15) is 0 Å². The van der Waals surface area contributed by atoms with Crippen molar-refractivity contribution in [2.24, 2.45) is 0 Å². The quantitative estimate of drug-likeness (QED) is 0.634. The van der Waals surface area contributed by atoms with Crippen LogP contribution in [0.5, 0.6) is 5.75 Å². The van der Waals surface area contributed by atoms with Crippen molar-refractivity contribution in [3.63, 3.8) is 0 Å². The average Bonchev–Trinajstić information content (AvgIpc) is 2.52. The molecular weight excluding hydrogens is 150 g/mol. The van der Waals surface area contributed by atoms with Crippen molar-refractivity contribution < 1.29 is 4.84 Å². The van der Waals surface area contributed by atoms with E-state index in [4.69, 9.17) is 4.84 Å². The Bertz CT molecular complexity index is 412. The summed E-state index contributed by atoms with van der Waals surface area (Å²) in [5.74, 6) is 0.920. The molecule has 2 aromatic carbocycles. The van der Waals surface area contributed by atoms with Gasteiger partial charge in [-0.2, -0.15) is 0 Å². The van der Waals surface area contributed by atoms with Crippen LogP contribution in [0.15, 0.2) is 36.4 Å². The monoisotopic (exact) mass is 157 g/mol. The van der Waals surface area contributed by atoms with Crippen molar-refractivity contribution in [1.29, 1.82) is 0 Å². The molecule has 2 nitrogen and oxygen atoms in total. The number of nitrogens with one attached hydrogen (secondary N) is 1. The Kier molecular flexibility index (Phi) is 0.939. The molecule has 0 spiro atoms. The van der Waals surface area contributed by atoms with Crippen molar-refractivity contribution in [3.8, 4) is 5.75 Å². The van der Waals surface area contributed by atoms with Gasteiger partial charge in [0.05, 0.1) is 11.1 Å². The van der Waals surface area contributed by atoms with Gasteiger partial charge in [0.25, 0.3) is 0 Å². The third kappa shape index (κ3) is 0.593. The minimum absolute atomic E-state index is 0.920. The Morgan fingerprint density at radius 3 is 2.75 bits per heavy atom. The third-order valence-electron chi connectivity index (χ3n) is 2.14. The molecule has 0 saturated carbocycles. The second-order valence-corrected chi connectivity index (χ2v) is 2.86. The number of hydrogen-bond acceptors (Lipinski definition) is 2. The van der Waals surface area contributed by atoms with E-state index in [1.165, 1.54) is 10.8 Å². The molecular formula is C10H7NO. The molecule has 0 bridgehead atoms. The van der Waals surface area contributed by atoms with Crippen LogP contribution in [0.4, 0.5) is 5.69 Å². The van der Waals surface area contributed by atoms with E-state index in [0.29, 0.717) is 0 Å². The number of hydrogen-bond donors (Lipinski definition) is 1. The third-order valence-corrected chi connectivity index (χ3v) is 2.14. The van der Waals surface area contributed by atoms with Crippen molar-refractivity contribution >= 4 is 16.5 Å². The SMILES string of the molecule is c1cc2c3c(cccc3c1)ON2. The first-order valence-electron chi connectivity index (χ1n) is 3.90. The van der Waals surface area contributed by atoms with E-state index >= 15 is 0 Å². The summed E-state index contributed by atoms with van der Waals surface area (Å²) in [6.45, 7) is 0. The van der Waals surface area contributed by atoms with Gasteiger partial charge in [-0.15, -0.1) is 0 Å². The first kappa shape index (κ1) is 5.89. The Balaban J connectivity index is 2.58. The zero-order valence-electron chi connectivity index (χ0n) is 6.37. The molecule has 0 atom stereocenters. The molecule has 2 heteroatoms. The highest BCUT2D eigenvalue weighted by Gasteiger charge is 2.13. The Hall–Kier alpha value is -1.70. The predicted octanol–water partition coefficient (Wildman–Crippen LogP) is 2.56. The summed E-state index contributed by atoms with van der Waals surface area (Å²) in [6, 6.07) is 12.2. The second kappa shape index (κ2) is 1.91. The van der Waals surface area contributed by atoms with Crippen LogP contribution >= 0.6 is 0 Å². The van der Waals surface area contributed by atoms with Gasteiger partial charge in [0.15, 0.2) is 5.75 Å². The van der Waals surface area contributed by atoms with Crippen molar-refractivity contribution in [2.75, 3.05) is 5.48 Å². The van der Waals surface area contributed by atoms with E-state index in [2.05, 4.69) is 17.6 Å². The van der Waals surface area contributed by atoms with Crippen molar-refractivity contribution in [1.82, 2.24) is 0 Å². The maximum Gasteiger partial charge on any atom is 0.165 e. The lowest BCUT2D eigenvalue weighted by atomic mass is 10.1. The Labute approximate surface area is 69.7 Å². The second-order valence-electron chi connectivity index (χ2n) is 2.86. The summed E-state index contributed by atoms with van der Waals surface area (Å²) in [4.78, 5) is 5.26. The highest BCUT2D eigenvalue weighted by Crippen LogP contribution is 2.36. The first-order valence-corrected chi connectivity index (χ1v) is 3.90. The molecule has 3 rings (SSSR count). The zero-order chi connectivity index (χ0) is 7.97. The molecule has 0 fully saturated rings. The van der Waals surface area contributed by atoms with Gasteiger partial charge >= 0.3 is 0 Å². The molecule has 1 heterocycles. The van der Waals surface area contributed by atoms with E-state index in [0.717, 1.165) is 11.4 Å². The Morgan fingerprint density at radius 2 is 1.83 bits per heavy atom. The van der Waals surface area contributed by atoms with E-state index < -0.39 is 0 Å². The maximum atomic E-state index is 5.26. The van der Waals surface area contributed by atoms with Crippen LogP contribution in [0.25, 0.3) is 10.8 Å². The van der Waals surface area contributed by atoms with Crippen LogP contribution in [0, 0.1) is 0 Å². The molecule has 58 valence electrons. The van der Waals surface area contributed by atoms with Crippen molar-refractivity contribution in [2.45, 2.75) is 0 Å². The number of anilines is 1. The molecule has 0 saturated heterocycles. The number of benzene rings is 2. The molecule has 2 aromatic rings. The van der Waals surface area contributed by atoms with Gasteiger partial charge in [-0.1, -0.05) is 24.3 Å². The molecule has 0 aromatic heterocycles. The fourth-order valence-corrected chi connectivity index (χ4v) is 1.59. The molecule has 1 aliphatic rings. The van der Waals surface area contributed by atoms with E-state index in [1.54, 1.807) is 0 Å². The van der Waals surface area contributed by atoms with Gasteiger partial charge in [0.1, 0.15) is 0 Å². The predicted molar refractivity (Wildman–Crippen MR) is 48.2 cm³/mol. The van der Waals surface area contributed by atoms with Gasteiger partial charge in [-0.25, -0.2) is 5.48 Å². The van der Waals surface area contributed by atoms with Crippen LogP contribution in [0.1, 0.15) is 0 Å². The minimum atomic E-state index is 0.920. The molecule has 0 amide bonds. The average molecular weight is 157 g/mol. The van der Waals surface area contributed by atoms with Crippen LogP contribution in [-0.4, -0.2) is 0 Å². The summed E-state index contributed by atoms with van der Waals surface area (Å²) in [5, 5.41) is 2.40. The molecule has 12 heavy (non-hydrogen) atoms. The van der Waals surface area contributed by atoms with Gasteiger partial charge < -0.3 is 4.84 Å². The fraction of sp³-hybridized carbons (Fsp3) is 0. The van der Waals surface area contributed by atoms with Crippen LogP contribution in [0.2, 0.25) is 0 Å². The van der Waals surface area contributed by atoms with E-state index in [-0.39, 0.29) is 0 Å². The first-order chi connectivity index (χ1) is 5.95. The smallest absolute Gasteiger partial charge is 0.165 e. The lowest BCUT2D eigenvalue weighted by Crippen LogP contribution is -1.95. The fourth-order valence-electron chi connectivity index (χ4n) is 1.59. The largest absolute Gasteiger partial charge is 0.381 e. The molecule has 0 unspecified atom stereocenters. The van der Waals surface area contributed by atoms with Gasteiger partial charge in [-0.05, 0) is 17.5 Å². The highest BCUT2D eigenvalue weighted by molar-refractivity contribution is 6.00. The summed E-state index contributed by atoms with van der Waals surface area (Å²) in [6.07, 6.45) is 0. The topological polar surface area (TPSA) is 21.3 Å². The highest BCUT2D eigenvalue weighted by atomic mass is 16.7. The zero-order valence-corrected chi connectivity index (χ0v) is 6.37. The molecule has 0 aliphatic carbocycles. The standard InChI is InChI=1S/C10H7NO/c1-3-7-4-2-6-9-10(7)8(5-1)11-12-9/h1-6,11H. The van der Waals surface area contributed by atoms with Crippen LogP contribution < -0.4 is 10.3 Å². The summed E-state index contributed by atoms with van der Waals surface area (Å²) in [5.41, 5.74) is 3.93. The minimum Gasteiger partial charge on any atom is -0.381 e. The lowest BCUT2D eigenvalue weighted by molar-refractivity contribution is 0.423. The number of rotatable bonds is 0. The van der Waals surface area contributed by atoms with Crippen LogP contribution in [0.3, 0.4) is 0 Å². The summed E-state index contributed by atoms with van der Waals surface area (Å²) in [7, 11) is 0. The van der Waals surface area contributed by atoms with Crippen LogP contribution in [-0.2, 0) is 0 Å². The summed E-state index contributed by atoms with van der Waals surface area (Å²) < 4.78 is 0. The van der Waals surface area contributed by atoms with Gasteiger partial charge in [0, 0.05) is 0 Å². The normalized spacial score (nSPS) is 12.7. The Morgan fingerprint density at radius 1 is 1.00 bits per heavy atom. The lowest BCUT2D eigenvalue weighted by Gasteiger charge is -1.94. The van der Waals surface area contributed by atoms with Gasteiger partial charge in [0.2, 0.25) is 0 Å². The summed E-state index contributed by atoms with van der Waals surface area (Å²) >= 11 is 0. The van der Waals surface area contributed by atoms with E-state index in [1.807, 2.05) is 24.3 Å².